The van der Waals surface area contributed by atoms with E-state index in [4.69, 9.17) is 27.9 Å². The molecule has 3 amide bonds. The van der Waals surface area contributed by atoms with E-state index in [0.29, 0.717) is 0 Å². The lowest BCUT2D eigenvalue weighted by molar-refractivity contribution is -0.154. The molecule has 1 aromatic rings. The first-order valence-corrected chi connectivity index (χ1v) is 10.6. The van der Waals surface area contributed by atoms with Crippen LogP contribution in [-0.4, -0.2) is 45.0 Å². The van der Waals surface area contributed by atoms with Crippen LogP contribution in [0.2, 0.25) is 10.0 Å². The first-order valence-electron chi connectivity index (χ1n) is 8.34. The van der Waals surface area contributed by atoms with Crippen molar-refractivity contribution in [2.24, 2.45) is 0 Å². The predicted molar refractivity (Wildman–Crippen MR) is 102 cm³/mol. The standard InChI is InChI=1S/C16H19Cl2N3O6S/c1-9(15(23)21-16(24)20-10-5-6-10)27-13(22)7-8-19-28(25,26)14-11(17)3-2-4-12(14)18/h2-4,9-10,19H,5-8H2,1H3,(H2,20,21,23,24). The van der Waals surface area contributed by atoms with Crippen LogP contribution in [0, 0.1) is 0 Å². The van der Waals surface area contributed by atoms with Gasteiger partial charge in [0, 0.05) is 12.6 Å². The first kappa shape index (κ1) is 22.4. The van der Waals surface area contributed by atoms with E-state index in [-0.39, 0.29) is 33.9 Å². The number of carbonyl (C=O) groups excluding carboxylic acids is 3. The number of nitrogens with one attached hydrogen (secondary N) is 3. The highest BCUT2D eigenvalue weighted by molar-refractivity contribution is 7.89. The number of rotatable bonds is 8. The van der Waals surface area contributed by atoms with Crippen LogP contribution in [0.3, 0.4) is 0 Å². The second-order valence-electron chi connectivity index (χ2n) is 6.07. The molecule has 0 saturated heterocycles. The molecule has 1 aliphatic carbocycles. The highest BCUT2D eigenvalue weighted by atomic mass is 35.5. The van der Waals surface area contributed by atoms with Crippen molar-refractivity contribution in [2.45, 2.75) is 43.2 Å². The summed E-state index contributed by atoms with van der Waals surface area (Å²) in [4.78, 5) is 34.8. The fourth-order valence-corrected chi connectivity index (χ4v) is 4.24. The average molecular weight is 452 g/mol. The number of sulfonamides is 1. The van der Waals surface area contributed by atoms with E-state index in [2.05, 4.69) is 15.4 Å². The van der Waals surface area contributed by atoms with E-state index in [1.165, 1.54) is 25.1 Å². The van der Waals surface area contributed by atoms with E-state index in [0.717, 1.165) is 12.8 Å². The van der Waals surface area contributed by atoms with Crippen LogP contribution in [0.15, 0.2) is 23.1 Å². The number of amides is 3. The lowest BCUT2D eigenvalue weighted by atomic mass is 10.3. The molecule has 0 spiro atoms. The molecule has 0 aliphatic heterocycles. The smallest absolute Gasteiger partial charge is 0.321 e. The SMILES string of the molecule is CC(OC(=O)CCNS(=O)(=O)c1c(Cl)cccc1Cl)C(=O)NC(=O)NC1CC1. The summed E-state index contributed by atoms with van der Waals surface area (Å²) in [5.41, 5.74) is 0. The van der Waals surface area contributed by atoms with E-state index in [1.807, 2.05) is 0 Å². The number of carbonyl (C=O) groups is 3. The number of imide groups is 1. The zero-order valence-electron chi connectivity index (χ0n) is 14.8. The molecule has 1 atom stereocenters. The van der Waals surface area contributed by atoms with Crippen LogP contribution >= 0.6 is 23.2 Å². The summed E-state index contributed by atoms with van der Waals surface area (Å²) in [6.45, 7) is 1.00. The molecule has 154 valence electrons. The van der Waals surface area contributed by atoms with Crippen LogP contribution in [-0.2, 0) is 24.3 Å². The second kappa shape index (κ2) is 9.55. The number of halogens is 2. The minimum Gasteiger partial charge on any atom is -0.452 e. The monoisotopic (exact) mass is 451 g/mol. The van der Waals surface area contributed by atoms with Crippen LogP contribution < -0.4 is 15.4 Å². The molecule has 0 bridgehead atoms. The molecular weight excluding hydrogens is 433 g/mol. The van der Waals surface area contributed by atoms with E-state index < -0.39 is 34.0 Å². The zero-order chi connectivity index (χ0) is 20.9. The van der Waals surface area contributed by atoms with Crippen molar-refractivity contribution in [3.05, 3.63) is 28.2 Å². The Morgan fingerprint density at radius 1 is 1.21 bits per heavy atom. The molecule has 0 heterocycles. The summed E-state index contributed by atoms with van der Waals surface area (Å²) in [7, 11) is -4.04. The Labute approximate surface area is 172 Å². The maximum Gasteiger partial charge on any atom is 0.321 e. The van der Waals surface area contributed by atoms with Crippen molar-refractivity contribution < 1.29 is 27.5 Å². The normalized spacial score (nSPS) is 14.8. The van der Waals surface area contributed by atoms with Crippen molar-refractivity contribution >= 4 is 51.1 Å². The maximum atomic E-state index is 12.3. The molecule has 3 N–H and O–H groups in total. The van der Waals surface area contributed by atoms with Gasteiger partial charge in [0.25, 0.3) is 5.91 Å². The van der Waals surface area contributed by atoms with Crippen molar-refractivity contribution in [2.75, 3.05) is 6.54 Å². The number of ether oxygens (including phenoxy) is 1. The van der Waals surface area contributed by atoms with Gasteiger partial charge in [0.1, 0.15) is 4.90 Å². The molecule has 1 aliphatic rings. The molecule has 1 saturated carbocycles. The van der Waals surface area contributed by atoms with Crippen molar-refractivity contribution in [3.8, 4) is 0 Å². The number of urea groups is 1. The molecular formula is C16H19Cl2N3O6S. The fraction of sp³-hybridized carbons (Fsp3) is 0.438. The molecule has 2 rings (SSSR count). The molecule has 12 heteroatoms. The fourth-order valence-electron chi connectivity index (χ4n) is 2.07. The Morgan fingerprint density at radius 3 is 2.39 bits per heavy atom. The Bertz CT molecular complexity index is 853. The number of hydrogen-bond donors (Lipinski definition) is 3. The van der Waals surface area contributed by atoms with Gasteiger partial charge in [0.2, 0.25) is 10.0 Å². The highest BCUT2D eigenvalue weighted by Crippen LogP contribution is 2.28. The quantitative estimate of drug-likeness (QED) is 0.514. The summed E-state index contributed by atoms with van der Waals surface area (Å²) in [5, 5.41) is 4.51. The third kappa shape index (κ3) is 6.62. The zero-order valence-corrected chi connectivity index (χ0v) is 17.2. The van der Waals surface area contributed by atoms with E-state index in [9.17, 15) is 22.8 Å². The summed E-state index contributed by atoms with van der Waals surface area (Å²) in [5.74, 6) is -1.60. The van der Waals surface area contributed by atoms with Crippen LogP contribution in [0.25, 0.3) is 0 Å². The van der Waals surface area contributed by atoms with Gasteiger partial charge < -0.3 is 10.1 Å². The van der Waals surface area contributed by atoms with Gasteiger partial charge in [-0.2, -0.15) is 0 Å². The van der Waals surface area contributed by atoms with Gasteiger partial charge in [-0.3, -0.25) is 14.9 Å². The number of benzene rings is 1. The number of hydrogen-bond acceptors (Lipinski definition) is 6. The van der Waals surface area contributed by atoms with Gasteiger partial charge in [0.05, 0.1) is 16.5 Å². The first-order chi connectivity index (χ1) is 13.1. The van der Waals surface area contributed by atoms with Crippen molar-refractivity contribution in [3.63, 3.8) is 0 Å². The number of esters is 1. The Balaban J connectivity index is 1.78. The van der Waals surface area contributed by atoms with Gasteiger partial charge in [-0.25, -0.2) is 17.9 Å². The van der Waals surface area contributed by atoms with Gasteiger partial charge >= 0.3 is 12.0 Å². The second-order valence-corrected chi connectivity index (χ2v) is 8.59. The Kier molecular flexibility index (Phi) is 7.64. The highest BCUT2D eigenvalue weighted by Gasteiger charge is 2.26. The van der Waals surface area contributed by atoms with E-state index >= 15 is 0 Å². The minimum absolute atomic E-state index is 0.0580. The van der Waals surface area contributed by atoms with Gasteiger partial charge in [-0.05, 0) is 31.9 Å². The van der Waals surface area contributed by atoms with Crippen molar-refractivity contribution in [1.82, 2.24) is 15.4 Å². The van der Waals surface area contributed by atoms with Gasteiger partial charge in [-0.1, -0.05) is 29.3 Å². The van der Waals surface area contributed by atoms with Crippen LogP contribution in [0.4, 0.5) is 4.79 Å². The average Bonchev–Trinajstić information content (AvgIpc) is 3.37. The van der Waals surface area contributed by atoms with Gasteiger partial charge in [0.15, 0.2) is 6.10 Å². The van der Waals surface area contributed by atoms with Crippen LogP contribution in [0.5, 0.6) is 0 Å². The maximum absolute atomic E-state index is 12.3. The Hall–Kier alpha value is -1.88. The molecule has 1 unspecified atom stereocenters. The third-order valence-electron chi connectivity index (χ3n) is 3.64. The molecule has 0 aromatic heterocycles. The molecule has 1 fully saturated rings. The van der Waals surface area contributed by atoms with Crippen LogP contribution in [0.1, 0.15) is 26.2 Å². The molecule has 1 aromatic carbocycles. The largest absolute Gasteiger partial charge is 0.452 e. The summed E-state index contributed by atoms with van der Waals surface area (Å²) in [6.07, 6.45) is 0.169. The Morgan fingerprint density at radius 2 is 1.82 bits per heavy atom. The summed E-state index contributed by atoms with van der Waals surface area (Å²) in [6, 6.07) is 3.66. The summed E-state index contributed by atoms with van der Waals surface area (Å²) >= 11 is 11.7. The topological polar surface area (TPSA) is 131 Å². The lowest BCUT2D eigenvalue weighted by Crippen LogP contribution is -2.45. The molecule has 0 radical (unpaired) electrons. The third-order valence-corrected chi connectivity index (χ3v) is 6.05. The molecule has 9 nitrogen and oxygen atoms in total. The van der Waals surface area contributed by atoms with Gasteiger partial charge in [-0.15, -0.1) is 0 Å². The summed E-state index contributed by atoms with van der Waals surface area (Å²) < 4.78 is 31.6. The molecule has 28 heavy (non-hydrogen) atoms. The lowest BCUT2D eigenvalue weighted by Gasteiger charge is -2.14. The predicted octanol–water partition coefficient (Wildman–Crippen LogP) is 1.58. The van der Waals surface area contributed by atoms with E-state index in [1.54, 1.807) is 0 Å². The minimum atomic E-state index is -4.04. The van der Waals surface area contributed by atoms with Crippen molar-refractivity contribution in [1.29, 1.82) is 0 Å².